The van der Waals surface area contributed by atoms with E-state index in [4.69, 9.17) is 9.57 Å². The van der Waals surface area contributed by atoms with Gasteiger partial charge in [0.15, 0.2) is 5.71 Å². The second-order valence-electron chi connectivity index (χ2n) is 5.45. The van der Waals surface area contributed by atoms with Gasteiger partial charge in [-0.25, -0.2) is 4.79 Å². The average molecular weight is 356 g/mol. The number of rotatable bonds is 7. The lowest BCUT2D eigenvalue weighted by atomic mass is 10.0. The molecule has 0 aliphatic carbocycles. The van der Waals surface area contributed by atoms with Crippen LogP contribution in [0.2, 0.25) is 0 Å². The topological polar surface area (TPSA) is 97.2 Å². The van der Waals surface area contributed by atoms with E-state index in [0.29, 0.717) is 11.1 Å². The largest absolute Gasteiger partial charge is 0.488 e. The minimum Gasteiger partial charge on any atom is -0.488 e. The third-order valence-electron chi connectivity index (χ3n) is 3.65. The number of aromatic carboxylic acids is 1. The summed E-state index contributed by atoms with van der Waals surface area (Å²) in [6, 6.07) is 11.9. The predicted octanol–water partition coefficient (Wildman–Crippen LogP) is 2.37. The number of likely N-dealkylation sites (N-methyl/N-ethyl adjacent to an activating group) is 1. The first-order valence-corrected chi connectivity index (χ1v) is 7.86. The second-order valence-corrected chi connectivity index (χ2v) is 5.45. The van der Waals surface area contributed by atoms with Crippen LogP contribution in [0.25, 0.3) is 0 Å². The van der Waals surface area contributed by atoms with E-state index in [-0.39, 0.29) is 23.6 Å². The first kappa shape index (κ1) is 19.0. The van der Waals surface area contributed by atoms with Crippen LogP contribution in [-0.2, 0) is 16.2 Å². The summed E-state index contributed by atoms with van der Waals surface area (Å²) < 4.78 is 5.74. The summed E-state index contributed by atoms with van der Waals surface area (Å²) >= 11 is 0. The fraction of sp³-hybridized carbons (Fsp3) is 0.211. The number of carbonyl (C=O) groups excluding carboxylic acids is 1. The molecule has 2 N–H and O–H groups in total. The van der Waals surface area contributed by atoms with Crippen LogP contribution in [0.1, 0.15) is 27.0 Å². The molecule has 26 heavy (non-hydrogen) atoms. The van der Waals surface area contributed by atoms with Crippen molar-refractivity contribution < 1.29 is 24.3 Å². The summed E-state index contributed by atoms with van der Waals surface area (Å²) in [6.45, 7) is 1.92. The molecule has 0 heterocycles. The lowest BCUT2D eigenvalue weighted by Crippen LogP contribution is -2.29. The van der Waals surface area contributed by atoms with Crippen molar-refractivity contribution in [1.82, 2.24) is 5.32 Å². The van der Waals surface area contributed by atoms with Gasteiger partial charge in [0, 0.05) is 12.6 Å². The molecule has 0 aliphatic heterocycles. The zero-order valence-corrected chi connectivity index (χ0v) is 14.8. The first-order chi connectivity index (χ1) is 12.5. The highest BCUT2D eigenvalue weighted by Gasteiger charge is 2.18. The zero-order chi connectivity index (χ0) is 19.1. The van der Waals surface area contributed by atoms with E-state index in [2.05, 4.69) is 10.5 Å². The van der Waals surface area contributed by atoms with Crippen LogP contribution in [0.4, 0.5) is 0 Å². The molecular formula is C19H20N2O5. The standard InChI is InChI=1S/C19H20N2O5/c1-12-8-9-15(19(23)24)16(10-12)26-11-13-6-4-5-7-14(13)17(21-25-3)18(22)20-2/h4-10H,11H2,1-3H3,(H,20,22)(H,23,24)/b21-17-. The number of aryl methyl sites for hydroxylation is 1. The molecule has 0 aliphatic rings. The fourth-order valence-corrected chi connectivity index (χ4v) is 2.38. The molecule has 0 saturated heterocycles. The van der Waals surface area contributed by atoms with E-state index in [1.165, 1.54) is 20.2 Å². The number of oxime groups is 1. The second kappa shape index (κ2) is 8.66. The molecule has 0 aromatic heterocycles. The Balaban J connectivity index is 2.35. The monoisotopic (exact) mass is 356 g/mol. The Morgan fingerprint density at radius 1 is 1.15 bits per heavy atom. The lowest BCUT2D eigenvalue weighted by molar-refractivity contribution is -0.114. The Morgan fingerprint density at radius 3 is 2.54 bits per heavy atom. The van der Waals surface area contributed by atoms with Crippen molar-refractivity contribution in [3.8, 4) is 5.75 Å². The minimum absolute atomic E-state index is 0.0691. The maximum absolute atomic E-state index is 12.1. The minimum atomic E-state index is -1.07. The molecule has 2 aromatic rings. The lowest BCUT2D eigenvalue weighted by Gasteiger charge is -2.13. The Morgan fingerprint density at radius 2 is 1.88 bits per heavy atom. The number of carboxylic acid groups (broad SMARTS) is 1. The number of amides is 1. The van der Waals surface area contributed by atoms with E-state index in [9.17, 15) is 14.7 Å². The number of hydrogen-bond donors (Lipinski definition) is 2. The predicted molar refractivity (Wildman–Crippen MR) is 96.5 cm³/mol. The number of hydrogen-bond acceptors (Lipinski definition) is 5. The maximum atomic E-state index is 12.1. The maximum Gasteiger partial charge on any atom is 0.339 e. The molecule has 0 fully saturated rings. The Hall–Kier alpha value is -3.35. The highest BCUT2D eigenvalue weighted by Crippen LogP contribution is 2.22. The van der Waals surface area contributed by atoms with Gasteiger partial charge in [0.1, 0.15) is 25.0 Å². The molecule has 0 saturated carbocycles. The third-order valence-corrected chi connectivity index (χ3v) is 3.65. The van der Waals surface area contributed by atoms with Crippen molar-refractivity contribution in [1.29, 1.82) is 0 Å². The normalized spacial score (nSPS) is 11.0. The van der Waals surface area contributed by atoms with E-state index < -0.39 is 11.9 Å². The molecule has 0 atom stereocenters. The molecular weight excluding hydrogens is 336 g/mol. The Bertz CT molecular complexity index is 846. The highest BCUT2D eigenvalue weighted by atomic mass is 16.6. The summed E-state index contributed by atoms with van der Waals surface area (Å²) in [4.78, 5) is 28.2. The molecule has 2 rings (SSSR count). The van der Waals surface area contributed by atoms with E-state index >= 15 is 0 Å². The molecule has 1 amide bonds. The van der Waals surface area contributed by atoms with Gasteiger partial charge in [0.25, 0.3) is 5.91 Å². The molecule has 0 radical (unpaired) electrons. The molecule has 0 bridgehead atoms. The summed E-state index contributed by atoms with van der Waals surface area (Å²) in [5.74, 6) is -1.21. The molecule has 0 spiro atoms. The summed E-state index contributed by atoms with van der Waals surface area (Å²) in [6.07, 6.45) is 0. The van der Waals surface area contributed by atoms with Crippen LogP contribution in [0.5, 0.6) is 5.75 Å². The van der Waals surface area contributed by atoms with Crippen LogP contribution in [-0.4, -0.2) is 36.9 Å². The fourth-order valence-electron chi connectivity index (χ4n) is 2.38. The van der Waals surface area contributed by atoms with Gasteiger partial charge in [-0.3, -0.25) is 4.79 Å². The van der Waals surface area contributed by atoms with Crippen molar-refractivity contribution >= 4 is 17.6 Å². The van der Waals surface area contributed by atoms with Crippen molar-refractivity contribution in [2.24, 2.45) is 5.16 Å². The number of carboxylic acids is 1. The van der Waals surface area contributed by atoms with Crippen LogP contribution in [0.3, 0.4) is 0 Å². The van der Waals surface area contributed by atoms with Crippen LogP contribution >= 0.6 is 0 Å². The van der Waals surface area contributed by atoms with Crippen molar-refractivity contribution in [3.05, 3.63) is 64.7 Å². The van der Waals surface area contributed by atoms with Gasteiger partial charge >= 0.3 is 5.97 Å². The quantitative estimate of drug-likeness (QED) is 0.586. The summed E-state index contributed by atoms with van der Waals surface area (Å²) in [5.41, 5.74) is 2.27. The molecule has 2 aromatic carbocycles. The molecule has 136 valence electrons. The van der Waals surface area contributed by atoms with Crippen LogP contribution in [0.15, 0.2) is 47.6 Å². The van der Waals surface area contributed by atoms with Crippen molar-refractivity contribution in [3.63, 3.8) is 0 Å². The Kier molecular flexibility index (Phi) is 6.32. The van der Waals surface area contributed by atoms with Gasteiger partial charge in [-0.15, -0.1) is 0 Å². The number of ether oxygens (including phenoxy) is 1. The average Bonchev–Trinajstić information content (AvgIpc) is 2.64. The van der Waals surface area contributed by atoms with E-state index in [1.54, 1.807) is 36.4 Å². The van der Waals surface area contributed by atoms with E-state index in [0.717, 1.165) is 5.56 Å². The highest BCUT2D eigenvalue weighted by molar-refractivity contribution is 6.45. The van der Waals surface area contributed by atoms with Gasteiger partial charge in [-0.05, 0) is 30.2 Å². The van der Waals surface area contributed by atoms with Gasteiger partial charge in [0.05, 0.1) is 0 Å². The van der Waals surface area contributed by atoms with Crippen LogP contribution < -0.4 is 10.1 Å². The van der Waals surface area contributed by atoms with Gasteiger partial charge in [0.2, 0.25) is 0 Å². The SMILES string of the molecule is CNC(=O)/C(=N\OC)c1ccccc1COc1cc(C)ccc1C(=O)O. The zero-order valence-electron chi connectivity index (χ0n) is 14.8. The Labute approximate surface area is 151 Å². The third kappa shape index (κ3) is 4.38. The van der Waals surface area contributed by atoms with Gasteiger partial charge in [-0.2, -0.15) is 0 Å². The number of benzene rings is 2. The van der Waals surface area contributed by atoms with E-state index in [1.807, 2.05) is 6.92 Å². The number of carbonyl (C=O) groups is 2. The molecule has 0 unspecified atom stereocenters. The number of nitrogens with one attached hydrogen (secondary N) is 1. The smallest absolute Gasteiger partial charge is 0.339 e. The first-order valence-electron chi connectivity index (χ1n) is 7.86. The number of nitrogens with zero attached hydrogens (tertiary/aromatic N) is 1. The van der Waals surface area contributed by atoms with Crippen molar-refractivity contribution in [2.45, 2.75) is 13.5 Å². The van der Waals surface area contributed by atoms with Crippen LogP contribution in [0, 0.1) is 6.92 Å². The molecule has 7 heteroatoms. The summed E-state index contributed by atoms with van der Waals surface area (Å²) in [5, 5.41) is 15.6. The van der Waals surface area contributed by atoms with Crippen molar-refractivity contribution in [2.75, 3.05) is 14.2 Å². The van der Waals surface area contributed by atoms with Gasteiger partial charge < -0.3 is 20.0 Å². The summed E-state index contributed by atoms with van der Waals surface area (Å²) in [7, 11) is 2.85. The molecule has 7 nitrogen and oxygen atoms in total. The van der Waals surface area contributed by atoms with Gasteiger partial charge in [-0.1, -0.05) is 35.5 Å².